The van der Waals surface area contributed by atoms with Crippen molar-refractivity contribution in [1.82, 2.24) is 4.72 Å². The van der Waals surface area contributed by atoms with Crippen molar-refractivity contribution in [2.75, 3.05) is 19.8 Å². The third-order valence-electron chi connectivity index (χ3n) is 2.81. The average Bonchev–Trinajstić information content (AvgIpc) is 2.80. The van der Waals surface area contributed by atoms with Crippen LogP contribution in [0.2, 0.25) is 0 Å². The third kappa shape index (κ3) is 5.49. The summed E-state index contributed by atoms with van der Waals surface area (Å²) < 4.78 is 32.2. The summed E-state index contributed by atoms with van der Waals surface area (Å²) in [7, 11) is -3.47. The summed E-state index contributed by atoms with van der Waals surface area (Å²) in [5.74, 6) is 0. The molecule has 20 heavy (non-hydrogen) atoms. The fraction of sp³-hybridized carbons (Fsp3) is 0.692. The number of rotatable bonds is 10. The number of hydrogen-bond acceptors (Lipinski definition) is 5. The standard InChI is InChI=1S/C13H23NO4S2/c1-3-4-7-18-8-5-6-14-20(16,17)13-9-11(2)12(10-15)19-13/h9,14-15H,3-8,10H2,1-2H3. The Morgan fingerprint density at radius 2 is 2.05 bits per heavy atom. The van der Waals surface area contributed by atoms with Gasteiger partial charge in [-0.2, -0.15) is 0 Å². The van der Waals surface area contributed by atoms with Crippen molar-refractivity contribution in [2.24, 2.45) is 0 Å². The Hall–Kier alpha value is -0.470. The Labute approximate surface area is 125 Å². The van der Waals surface area contributed by atoms with Gasteiger partial charge >= 0.3 is 0 Å². The topological polar surface area (TPSA) is 75.6 Å². The summed E-state index contributed by atoms with van der Waals surface area (Å²) in [5.41, 5.74) is 0.806. The molecule has 0 unspecified atom stereocenters. The second kappa shape index (κ2) is 8.74. The molecule has 0 aliphatic carbocycles. The van der Waals surface area contributed by atoms with E-state index < -0.39 is 10.0 Å². The lowest BCUT2D eigenvalue weighted by atomic mass is 10.3. The van der Waals surface area contributed by atoms with Gasteiger partial charge in [0.15, 0.2) is 0 Å². The van der Waals surface area contributed by atoms with Gasteiger partial charge in [0.2, 0.25) is 10.0 Å². The minimum Gasteiger partial charge on any atom is -0.391 e. The summed E-state index contributed by atoms with van der Waals surface area (Å²) >= 11 is 1.11. The Bertz CT molecular complexity index is 496. The maximum absolute atomic E-state index is 12.0. The molecule has 0 aliphatic heterocycles. The summed E-state index contributed by atoms with van der Waals surface area (Å²) in [6, 6.07) is 1.59. The highest BCUT2D eigenvalue weighted by Gasteiger charge is 2.17. The predicted octanol–water partition coefficient (Wildman–Crippen LogP) is 2.03. The molecule has 116 valence electrons. The van der Waals surface area contributed by atoms with E-state index in [0.29, 0.717) is 24.4 Å². The van der Waals surface area contributed by atoms with Crippen molar-refractivity contribution in [3.05, 3.63) is 16.5 Å². The zero-order valence-electron chi connectivity index (χ0n) is 12.0. The number of sulfonamides is 1. The molecule has 0 saturated carbocycles. The third-order valence-corrected chi connectivity index (χ3v) is 5.96. The molecule has 0 saturated heterocycles. The second-order valence-corrected chi connectivity index (χ2v) is 7.68. The number of hydrogen-bond donors (Lipinski definition) is 2. The highest BCUT2D eigenvalue weighted by Crippen LogP contribution is 2.25. The Morgan fingerprint density at radius 1 is 1.35 bits per heavy atom. The van der Waals surface area contributed by atoms with E-state index in [9.17, 15) is 8.42 Å². The van der Waals surface area contributed by atoms with Crippen LogP contribution in [-0.4, -0.2) is 33.3 Å². The Kier molecular flexibility index (Phi) is 7.68. The van der Waals surface area contributed by atoms with E-state index in [-0.39, 0.29) is 10.8 Å². The smallest absolute Gasteiger partial charge is 0.250 e. The van der Waals surface area contributed by atoms with Crippen molar-refractivity contribution in [3.63, 3.8) is 0 Å². The van der Waals surface area contributed by atoms with Gasteiger partial charge in [-0.25, -0.2) is 13.1 Å². The van der Waals surface area contributed by atoms with Gasteiger partial charge in [-0.15, -0.1) is 11.3 Å². The molecule has 1 aromatic rings. The number of aliphatic hydroxyl groups excluding tert-OH is 1. The zero-order chi connectivity index (χ0) is 15.0. The van der Waals surface area contributed by atoms with Crippen LogP contribution in [0, 0.1) is 6.92 Å². The largest absolute Gasteiger partial charge is 0.391 e. The molecule has 1 heterocycles. The van der Waals surface area contributed by atoms with Gasteiger partial charge < -0.3 is 9.84 Å². The predicted molar refractivity (Wildman–Crippen MR) is 80.5 cm³/mol. The summed E-state index contributed by atoms with van der Waals surface area (Å²) in [4.78, 5) is 0.688. The van der Waals surface area contributed by atoms with E-state index in [0.717, 1.165) is 36.3 Å². The molecule has 0 spiro atoms. The summed E-state index contributed by atoms with van der Waals surface area (Å²) in [5, 5.41) is 9.09. The summed E-state index contributed by atoms with van der Waals surface area (Å²) in [6.07, 6.45) is 2.78. The minimum absolute atomic E-state index is 0.128. The van der Waals surface area contributed by atoms with Crippen molar-refractivity contribution in [2.45, 2.75) is 43.9 Å². The lowest BCUT2D eigenvalue weighted by molar-refractivity contribution is 0.130. The van der Waals surface area contributed by atoms with Gasteiger partial charge in [-0.1, -0.05) is 13.3 Å². The molecule has 7 heteroatoms. The quantitative estimate of drug-likeness (QED) is 0.647. The van der Waals surface area contributed by atoms with Crippen LogP contribution in [0.5, 0.6) is 0 Å². The van der Waals surface area contributed by atoms with Gasteiger partial charge in [0, 0.05) is 24.6 Å². The van der Waals surface area contributed by atoms with Crippen LogP contribution < -0.4 is 4.72 Å². The molecule has 1 rings (SSSR count). The molecule has 0 fully saturated rings. The van der Waals surface area contributed by atoms with Gasteiger partial charge in [-0.05, 0) is 31.4 Å². The molecule has 0 amide bonds. The first kappa shape index (κ1) is 17.6. The molecule has 0 bridgehead atoms. The molecule has 5 nitrogen and oxygen atoms in total. The normalized spacial score (nSPS) is 11.9. The van der Waals surface area contributed by atoms with E-state index in [1.807, 2.05) is 0 Å². The number of aliphatic hydroxyl groups is 1. The Balaban J connectivity index is 2.38. The van der Waals surface area contributed by atoms with Crippen LogP contribution in [0.25, 0.3) is 0 Å². The first-order valence-corrected chi connectivity index (χ1v) is 9.08. The molecule has 0 radical (unpaired) electrons. The van der Waals surface area contributed by atoms with Crippen molar-refractivity contribution in [1.29, 1.82) is 0 Å². The molecule has 0 atom stereocenters. The number of ether oxygens (including phenoxy) is 1. The molecule has 0 aliphatic rings. The maximum atomic E-state index is 12.0. The molecule has 0 aromatic carbocycles. The van der Waals surface area contributed by atoms with Crippen LogP contribution in [0.15, 0.2) is 10.3 Å². The second-order valence-electron chi connectivity index (χ2n) is 4.55. The van der Waals surface area contributed by atoms with E-state index >= 15 is 0 Å². The van der Waals surface area contributed by atoms with Gasteiger partial charge in [0.05, 0.1) is 6.61 Å². The van der Waals surface area contributed by atoms with Crippen LogP contribution in [0.4, 0.5) is 0 Å². The summed E-state index contributed by atoms with van der Waals surface area (Å²) in [6.45, 7) is 5.42. The van der Waals surface area contributed by atoms with E-state index in [1.54, 1.807) is 13.0 Å². The molecular formula is C13H23NO4S2. The SMILES string of the molecule is CCCCOCCCNS(=O)(=O)c1cc(C)c(CO)s1. The number of nitrogens with one attached hydrogen (secondary N) is 1. The van der Waals surface area contributed by atoms with Crippen molar-refractivity contribution in [3.8, 4) is 0 Å². The Morgan fingerprint density at radius 3 is 2.65 bits per heavy atom. The highest BCUT2D eigenvalue weighted by molar-refractivity contribution is 7.91. The fourth-order valence-electron chi connectivity index (χ4n) is 1.58. The van der Waals surface area contributed by atoms with E-state index in [2.05, 4.69) is 11.6 Å². The number of unbranched alkanes of at least 4 members (excludes halogenated alkanes) is 1. The lowest BCUT2D eigenvalue weighted by Crippen LogP contribution is -2.24. The lowest BCUT2D eigenvalue weighted by Gasteiger charge is -2.05. The van der Waals surface area contributed by atoms with E-state index in [4.69, 9.17) is 9.84 Å². The number of thiophene rings is 1. The first-order chi connectivity index (χ1) is 9.51. The van der Waals surface area contributed by atoms with Crippen LogP contribution >= 0.6 is 11.3 Å². The molecule has 1 aromatic heterocycles. The first-order valence-electron chi connectivity index (χ1n) is 6.78. The van der Waals surface area contributed by atoms with Crippen molar-refractivity contribution >= 4 is 21.4 Å². The molecular weight excluding hydrogens is 298 g/mol. The maximum Gasteiger partial charge on any atom is 0.250 e. The average molecular weight is 321 g/mol. The highest BCUT2D eigenvalue weighted by atomic mass is 32.2. The van der Waals surface area contributed by atoms with Crippen LogP contribution in [-0.2, 0) is 21.4 Å². The van der Waals surface area contributed by atoms with Gasteiger partial charge in [-0.3, -0.25) is 0 Å². The van der Waals surface area contributed by atoms with Gasteiger partial charge in [0.1, 0.15) is 4.21 Å². The monoisotopic (exact) mass is 321 g/mol. The zero-order valence-corrected chi connectivity index (χ0v) is 13.6. The number of aryl methyl sites for hydroxylation is 1. The minimum atomic E-state index is -3.47. The van der Waals surface area contributed by atoms with Gasteiger partial charge in [0.25, 0.3) is 0 Å². The molecule has 2 N–H and O–H groups in total. The van der Waals surface area contributed by atoms with Crippen LogP contribution in [0.3, 0.4) is 0 Å². The van der Waals surface area contributed by atoms with Crippen LogP contribution in [0.1, 0.15) is 36.6 Å². The van der Waals surface area contributed by atoms with E-state index in [1.165, 1.54) is 0 Å². The fourth-order valence-corrected chi connectivity index (χ4v) is 4.15. The van der Waals surface area contributed by atoms with Crippen molar-refractivity contribution < 1.29 is 18.3 Å².